The summed E-state index contributed by atoms with van der Waals surface area (Å²) in [4.78, 5) is 57.8. The number of benzene rings is 2. The maximum atomic E-state index is 14.5. The lowest BCUT2D eigenvalue weighted by atomic mass is 9.51. The Morgan fingerprint density at radius 3 is 1.98 bits per heavy atom. The largest absolute Gasteiger partial charge is 0.524 e. The highest BCUT2D eigenvalue weighted by Gasteiger charge is 2.62. The van der Waals surface area contributed by atoms with E-state index < -0.39 is 18.7 Å². The zero-order chi connectivity index (χ0) is 33.8. The highest BCUT2D eigenvalue weighted by atomic mass is 35.5. The maximum absolute atomic E-state index is 14.5. The summed E-state index contributed by atoms with van der Waals surface area (Å²) in [6, 6.07) is 3.14. The van der Waals surface area contributed by atoms with Crippen LogP contribution < -0.4 is 14.3 Å². The predicted molar refractivity (Wildman–Crippen MR) is 182 cm³/mol. The van der Waals surface area contributed by atoms with Crippen LogP contribution in [0, 0.1) is 24.7 Å². The van der Waals surface area contributed by atoms with E-state index in [1.807, 2.05) is 33.9 Å². The van der Waals surface area contributed by atoms with Gasteiger partial charge in [-0.2, -0.15) is 0 Å². The molecule has 4 aromatic rings. The molecule has 1 fully saturated rings. The number of carbonyl (C=O) groups excluding carboxylic acids is 2. The molecule has 7 rings (SSSR count). The number of aryl methyl sites for hydroxylation is 2. The van der Waals surface area contributed by atoms with Crippen molar-refractivity contribution in [3.8, 4) is 11.5 Å². The van der Waals surface area contributed by atoms with Crippen molar-refractivity contribution in [1.29, 1.82) is 0 Å². The highest BCUT2D eigenvalue weighted by Crippen LogP contribution is 2.61. The number of phosphoric ester groups is 1. The van der Waals surface area contributed by atoms with Gasteiger partial charge in [-0.05, 0) is 55.4 Å². The standard InChI is InChI=1S/C33H37Cl2N4O7P/c1-5-33(31(42)39-13-19(9-35)26-20(39)6-22(40)28-24(26)16(2)10-36-28)14-32(4,15-33)30(41)38-12-18(8-34)27-21(38)7-23(46-47(43,44)45)29-25(27)17(3)11-37-29/h6-7,10-11,18-19,36-37,40H,5,8-9,12-15H2,1-4H3,(H2,43,44,45)/t18-,19-,32?,33?/m1/s1. The van der Waals surface area contributed by atoms with Gasteiger partial charge in [-0.3, -0.25) is 19.4 Å². The number of phenols is 1. The second-order valence-corrected chi connectivity index (χ2v) is 15.5. The number of aromatic amines is 2. The quantitative estimate of drug-likeness (QED) is 0.106. The third-order valence-corrected chi connectivity index (χ3v) is 11.9. The van der Waals surface area contributed by atoms with Crippen LogP contribution in [0.5, 0.6) is 11.5 Å². The van der Waals surface area contributed by atoms with Crippen LogP contribution in [0.25, 0.3) is 21.8 Å². The lowest BCUT2D eigenvalue weighted by molar-refractivity contribution is -0.153. The van der Waals surface area contributed by atoms with E-state index in [4.69, 9.17) is 27.7 Å². The Kier molecular flexibility index (Phi) is 7.50. The summed E-state index contributed by atoms with van der Waals surface area (Å²) in [5.74, 6) is -0.0330. The number of nitrogens with zero attached hydrogens (tertiary/aromatic N) is 2. The molecular weight excluding hydrogens is 666 g/mol. The topological polar surface area (TPSA) is 159 Å². The first kappa shape index (κ1) is 32.3. The molecule has 0 bridgehead atoms. The Morgan fingerprint density at radius 1 is 0.936 bits per heavy atom. The first-order valence-electron chi connectivity index (χ1n) is 15.7. The molecule has 1 aliphatic carbocycles. The second-order valence-electron chi connectivity index (χ2n) is 13.7. The number of hydrogen-bond acceptors (Lipinski definition) is 5. The Labute approximate surface area is 281 Å². The predicted octanol–water partition coefficient (Wildman–Crippen LogP) is 6.68. The molecule has 2 amide bonds. The van der Waals surface area contributed by atoms with Crippen LogP contribution in [0.2, 0.25) is 0 Å². The molecular formula is C33H37Cl2N4O7P. The van der Waals surface area contributed by atoms with Gasteiger partial charge in [-0.1, -0.05) is 13.8 Å². The van der Waals surface area contributed by atoms with Crippen LogP contribution in [0.4, 0.5) is 11.4 Å². The van der Waals surface area contributed by atoms with Crippen LogP contribution in [0.15, 0.2) is 24.5 Å². The Balaban J connectivity index is 1.22. The Morgan fingerprint density at radius 2 is 1.45 bits per heavy atom. The summed E-state index contributed by atoms with van der Waals surface area (Å²) in [5, 5.41) is 12.5. The summed E-state index contributed by atoms with van der Waals surface area (Å²) in [7, 11) is -4.91. The normalized spacial score (nSPS) is 25.4. The molecule has 0 spiro atoms. The fourth-order valence-electron chi connectivity index (χ4n) is 8.63. The minimum absolute atomic E-state index is 0.0541. The molecule has 47 heavy (non-hydrogen) atoms. The Bertz CT molecular complexity index is 2030. The highest BCUT2D eigenvalue weighted by molar-refractivity contribution is 7.46. The molecule has 14 heteroatoms. The average molecular weight is 704 g/mol. The van der Waals surface area contributed by atoms with Gasteiger partial charge in [-0.25, -0.2) is 4.57 Å². The fourth-order valence-corrected chi connectivity index (χ4v) is 9.54. The first-order valence-corrected chi connectivity index (χ1v) is 18.3. The van der Waals surface area contributed by atoms with Crippen molar-refractivity contribution >= 4 is 76.0 Å². The van der Waals surface area contributed by atoms with Crippen LogP contribution in [0.1, 0.15) is 67.2 Å². The van der Waals surface area contributed by atoms with Crippen molar-refractivity contribution in [2.24, 2.45) is 10.8 Å². The summed E-state index contributed by atoms with van der Waals surface area (Å²) in [5.41, 5.74) is 4.10. The summed E-state index contributed by atoms with van der Waals surface area (Å²) < 4.78 is 17.0. The summed E-state index contributed by atoms with van der Waals surface area (Å²) in [6.45, 7) is 8.34. The molecule has 2 aromatic carbocycles. The lowest BCUT2D eigenvalue weighted by Crippen LogP contribution is -2.60. The van der Waals surface area contributed by atoms with Gasteiger partial charge in [0.15, 0.2) is 5.75 Å². The van der Waals surface area contributed by atoms with E-state index >= 15 is 0 Å². The molecule has 2 atom stereocenters. The van der Waals surface area contributed by atoms with Gasteiger partial charge in [-0.15, -0.1) is 23.2 Å². The first-order chi connectivity index (χ1) is 22.2. The zero-order valence-electron chi connectivity index (χ0n) is 26.5. The minimum Gasteiger partial charge on any atom is -0.506 e. The zero-order valence-corrected chi connectivity index (χ0v) is 28.9. The number of phosphoric acid groups is 1. The number of nitrogens with one attached hydrogen (secondary N) is 2. The van der Waals surface area contributed by atoms with Crippen molar-refractivity contribution in [2.75, 3.05) is 34.6 Å². The molecule has 0 radical (unpaired) electrons. The van der Waals surface area contributed by atoms with E-state index in [1.54, 1.807) is 22.1 Å². The van der Waals surface area contributed by atoms with E-state index in [1.165, 1.54) is 6.07 Å². The average Bonchev–Trinajstić information content (AvgIpc) is 3.77. The molecule has 4 heterocycles. The molecule has 2 aromatic heterocycles. The number of hydrogen-bond donors (Lipinski definition) is 5. The number of aromatic hydroxyl groups is 1. The van der Waals surface area contributed by atoms with Crippen molar-refractivity contribution in [2.45, 2.75) is 58.8 Å². The van der Waals surface area contributed by atoms with Gasteiger partial charge in [0.2, 0.25) is 11.8 Å². The van der Waals surface area contributed by atoms with Gasteiger partial charge in [0, 0.05) is 77.4 Å². The second kappa shape index (κ2) is 10.9. The summed E-state index contributed by atoms with van der Waals surface area (Å²) >= 11 is 12.9. The van der Waals surface area contributed by atoms with E-state index in [-0.39, 0.29) is 41.0 Å². The van der Waals surface area contributed by atoms with Gasteiger partial charge in [0.25, 0.3) is 0 Å². The minimum atomic E-state index is -4.91. The number of anilines is 2. The van der Waals surface area contributed by atoms with Gasteiger partial charge in [0.05, 0.1) is 27.8 Å². The van der Waals surface area contributed by atoms with Gasteiger partial charge >= 0.3 is 7.82 Å². The molecule has 0 unspecified atom stereocenters. The monoisotopic (exact) mass is 702 g/mol. The van der Waals surface area contributed by atoms with Crippen molar-refractivity contribution in [1.82, 2.24) is 9.97 Å². The number of carbonyl (C=O) groups is 2. The van der Waals surface area contributed by atoms with Crippen LogP contribution in [-0.2, 0) is 14.2 Å². The number of H-pyrrole nitrogens is 2. The number of amides is 2. The molecule has 0 saturated heterocycles. The van der Waals surface area contributed by atoms with Crippen LogP contribution in [-0.4, -0.2) is 61.5 Å². The number of halogens is 2. The molecule has 5 N–H and O–H groups in total. The number of rotatable bonds is 7. The number of alkyl halides is 2. The van der Waals surface area contributed by atoms with Crippen molar-refractivity contribution < 1.29 is 33.6 Å². The van der Waals surface area contributed by atoms with E-state index in [2.05, 4.69) is 9.97 Å². The molecule has 3 aliphatic rings. The van der Waals surface area contributed by atoms with E-state index in [0.717, 1.165) is 33.0 Å². The summed E-state index contributed by atoms with van der Waals surface area (Å²) in [6.07, 6.45) is 4.73. The molecule has 11 nitrogen and oxygen atoms in total. The van der Waals surface area contributed by atoms with Crippen LogP contribution in [0.3, 0.4) is 0 Å². The van der Waals surface area contributed by atoms with E-state index in [0.29, 0.717) is 60.6 Å². The Hall–Kier alpha value is -3.21. The molecule has 250 valence electrons. The molecule has 1 saturated carbocycles. The van der Waals surface area contributed by atoms with Crippen LogP contribution >= 0.6 is 31.0 Å². The molecule has 2 aliphatic heterocycles. The van der Waals surface area contributed by atoms with Gasteiger partial charge < -0.3 is 29.4 Å². The lowest BCUT2D eigenvalue weighted by Gasteiger charge is -2.54. The van der Waals surface area contributed by atoms with Crippen molar-refractivity contribution in [3.05, 3.63) is 46.8 Å². The smallest absolute Gasteiger partial charge is 0.506 e. The maximum Gasteiger partial charge on any atom is 0.524 e. The van der Waals surface area contributed by atoms with Gasteiger partial charge in [0.1, 0.15) is 5.75 Å². The SMILES string of the molecule is CCC1(C(=O)N2C[C@@H](CCl)c3c2cc(O)c2[nH]cc(C)c32)CC(C)(C(=O)N2C[C@@H](CCl)c3c2cc(OP(=O)(O)O)c2[nH]cc(C)c32)C1. The third-order valence-electron chi connectivity index (χ3n) is 10.7. The van der Waals surface area contributed by atoms with Crippen molar-refractivity contribution in [3.63, 3.8) is 0 Å². The third kappa shape index (κ3) is 4.72. The van der Waals surface area contributed by atoms with E-state index in [9.17, 15) is 29.0 Å². The number of fused-ring (bicyclic) bond motifs is 6. The number of phenolic OH excluding ortho intramolecular Hbond substituents is 1. The number of aromatic nitrogens is 2. The fraction of sp³-hybridized carbons (Fsp3) is 0.455.